The Morgan fingerprint density at radius 3 is 2.10 bits per heavy atom. The van der Waals surface area contributed by atoms with Gasteiger partial charge in [-0.2, -0.15) is 0 Å². The predicted molar refractivity (Wildman–Crippen MR) is 106 cm³/mol. The molecule has 6 rings (SSSR count). The molecule has 4 aliphatic carbocycles. The monoisotopic (exact) mass is 400 g/mol. The molecule has 29 heavy (non-hydrogen) atoms. The Hall–Kier alpha value is -1.95. The normalized spacial score (nSPS) is 34.1. The predicted octanol–water partition coefficient (Wildman–Crippen LogP) is 3.00. The molecule has 2 amide bonds. The van der Waals surface area contributed by atoms with E-state index < -0.39 is 6.04 Å². The summed E-state index contributed by atoms with van der Waals surface area (Å²) in [6, 6.07) is 5.05. The number of nitrogens with zero attached hydrogens (tertiary/aromatic N) is 1. The first-order valence-corrected chi connectivity index (χ1v) is 11.0. The maximum Gasteiger partial charge on any atom is 0.251 e. The van der Waals surface area contributed by atoms with Crippen LogP contribution in [0.25, 0.3) is 0 Å². The van der Waals surface area contributed by atoms with Gasteiger partial charge in [0.15, 0.2) is 0 Å². The summed E-state index contributed by atoms with van der Waals surface area (Å²) in [7, 11) is 0. The molecule has 0 aromatic heterocycles. The van der Waals surface area contributed by atoms with E-state index in [0.717, 1.165) is 19.3 Å². The molecule has 5 aliphatic rings. The number of carbonyl (C=O) groups is 2. The van der Waals surface area contributed by atoms with Crippen LogP contribution in [0.2, 0.25) is 0 Å². The highest BCUT2D eigenvalue weighted by atomic mass is 19.1. The van der Waals surface area contributed by atoms with Crippen LogP contribution in [0.5, 0.6) is 0 Å². The Kier molecular flexibility index (Phi) is 4.85. The van der Waals surface area contributed by atoms with Crippen LogP contribution in [0.3, 0.4) is 0 Å². The average molecular weight is 400 g/mol. The topological polar surface area (TPSA) is 58.6 Å². The number of nitrogens with one attached hydrogen (secondary N) is 1. The summed E-state index contributed by atoms with van der Waals surface area (Å²) in [6.45, 7) is 2.25. The van der Waals surface area contributed by atoms with Crippen LogP contribution in [0, 0.1) is 29.0 Å². The zero-order valence-electron chi connectivity index (χ0n) is 16.7. The zero-order valence-corrected chi connectivity index (χ0v) is 16.7. The van der Waals surface area contributed by atoms with Gasteiger partial charge in [0, 0.05) is 24.1 Å². The van der Waals surface area contributed by atoms with Crippen molar-refractivity contribution in [2.75, 3.05) is 26.3 Å². The van der Waals surface area contributed by atoms with Crippen molar-refractivity contribution in [3.63, 3.8) is 0 Å². The van der Waals surface area contributed by atoms with Crippen LogP contribution in [0.1, 0.15) is 48.9 Å². The van der Waals surface area contributed by atoms with E-state index in [-0.39, 0.29) is 23.0 Å². The summed E-state index contributed by atoms with van der Waals surface area (Å²) in [6.07, 6.45) is 6.94. The van der Waals surface area contributed by atoms with Crippen LogP contribution in [-0.4, -0.2) is 49.1 Å². The molecule has 0 radical (unpaired) electrons. The first-order valence-electron chi connectivity index (χ1n) is 11.0. The highest BCUT2D eigenvalue weighted by Crippen LogP contribution is 2.61. The van der Waals surface area contributed by atoms with E-state index in [1.165, 1.54) is 43.5 Å². The maximum absolute atomic E-state index is 13.6. The molecule has 156 valence electrons. The number of amides is 2. The number of hydrogen-bond donors (Lipinski definition) is 1. The number of carbonyl (C=O) groups excluding carboxylic acids is 2. The molecule has 4 bridgehead atoms. The van der Waals surface area contributed by atoms with E-state index in [9.17, 15) is 14.0 Å². The van der Waals surface area contributed by atoms with Crippen LogP contribution < -0.4 is 5.32 Å². The van der Waals surface area contributed by atoms with Crippen LogP contribution in [-0.2, 0) is 9.53 Å². The summed E-state index contributed by atoms with van der Waals surface area (Å²) in [5.74, 6) is 1.43. The minimum atomic E-state index is -0.508. The lowest BCUT2D eigenvalue weighted by atomic mass is 9.47. The average Bonchev–Trinajstić information content (AvgIpc) is 2.71. The van der Waals surface area contributed by atoms with Gasteiger partial charge in [-0.25, -0.2) is 4.39 Å². The molecule has 5 fully saturated rings. The van der Waals surface area contributed by atoms with Gasteiger partial charge < -0.3 is 15.0 Å². The highest BCUT2D eigenvalue weighted by molar-refractivity contribution is 5.97. The van der Waals surface area contributed by atoms with Crippen molar-refractivity contribution in [1.82, 2.24) is 10.2 Å². The number of morpholine rings is 1. The molecule has 1 aromatic carbocycles. The lowest BCUT2D eigenvalue weighted by molar-refractivity contribution is -0.148. The first kappa shape index (κ1) is 19.0. The maximum atomic E-state index is 13.6. The van der Waals surface area contributed by atoms with Gasteiger partial charge in [-0.15, -0.1) is 0 Å². The molecule has 1 heterocycles. The minimum Gasteiger partial charge on any atom is -0.378 e. The third kappa shape index (κ3) is 3.56. The fraction of sp³-hybridized carbons (Fsp3) is 0.652. The molecule has 0 spiro atoms. The van der Waals surface area contributed by atoms with Crippen molar-refractivity contribution >= 4 is 11.8 Å². The summed E-state index contributed by atoms with van der Waals surface area (Å²) >= 11 is 0. The Bertz CT molecular complexity index is 753. The van der Waals surface area contributed by atoms with Gasteiger partial charge in [0.1, 0.15) is 11.9 Å². The van der Waals surface area contributed by atoms with E-state index in [1.54, 1.807) is 0 Å². The number of benzene rings is 1. The Balaban J connectivity index is 1.43. The lowest BCUT2D eigenvalue weighted by Crippen LogP contribution is -2.63. The summed E-state index contributed by atoms with van der Waals surface area (Å²) in [5, 5.41) is 3.11. The summed E-state index contributed by atoms with van der Waals surface area (Å²) in [4.78, 5) is 28.5. The molecule has 6 heteroatoms. The third-order valence-electron chi connectivity index (χ3n) is 7.65. The largest absolute Gasteiger partial charge is 0.378 e. The molecule has 5 nitrogen and oxygen atoms in total. The van der Waals surface area contributed by atoms with Gasteiger partial charge >= 0.3 is 0 Å². The Morgan fingerprint density at radius 2 is 1.55 bits per heavy atom. The molecule has 4 saturated carbocycles. The molecular formula is C23H29FN2O3. The van der Waals surface area contributed by atoms with Crippen LogP contribution in [0.15, 0.2) is 24.3 Å². The molecule has 1 unspecified atom stereocenters. The molecule has 1 saturated heterocycles. The second-order valence-corrected chi connectivity index (χ2v) is 9.63. The molecular weight excluding hydrogens is 371 g/mol. The van der Waals surface area contributed by atoms with E-state index >= 15 is 0 Å². The molecule has 1 aliphatic heterocycles. The minimum absolute atomic E-state index is 0.0331. The van der Waals surface area contributed by atoms with Gasteiger partial charge in [-0.05, 0) is 80.5 Å². The van der Waals surface area contributed by atoms with Gasteiger partial charge in [0.2, 0.25) is 5.91 Å². The summed E-state index contributed by atoms with van der Waals surface area (Å²) < 4.78 is 18.7. The number of hydrogen-bond acceptors (Lipinski definition) is 3. The van der Waals surface area contributed by atoms with Gasteiger partial charge in [0.25, 0.3) is 5.91 Å². The van der Waals surface area contributed by atoms with Crippen molar-refractivity contribution in [3.05, 3.63) is 35.6 Å². The first-order chi connectivity index (χ1) is 14.0. The van der Waals surface area contributed by atoms with Crippen molar-refractivity contribution < 1.29 is 18.7 Å². The third-order valence-corrected chi connectivity index (χ3v) is 7.65. The zero-order chi connectivity index (χ0) is 20.0. The number of rotatable bonds is 4. The smallest absolute Gasteiger partial charge is 0.251 e. The van der Waals surface area contributed by atoms with E-state index in [4.69, 9.17) is 4.74 Å². The summed E-state index contributed by atoms with van der Waals surface area (Å²) in [5.41, 5.74) is 0.260. The van der Waals surface area contributed by atoms with E-state index in [2.05, 4.69) is 5.32 Å². The highest BCUT2D eigenvalue weighted by Gasteiger charge is 2.57. The second-order valence-electron chi connectivity index (χ2n) is 9.63. The van der Waals surface area contributed by atoms with Gasteiger partial charge in [-0.3, -0.25) is 9.59 Å². The van der Waals surface area contributed by atoms with Crippen molar-refractivity contribution in [2.45, 2.75) is 44.6 Å². The standard InChI is InChI=1S/C23H29FN2O3/c24-19-3-1-18(2-4-19)21(27)25-20(22(28)26-5-7-29-8-6-26)23-12-15-9-16(13-23)11-17(10-15)14-23/h1-4,15-17,20H,5-14H2,(H,25,27). The fourth-order valence-electron chi connectivity index (χ4n) is 6.79. The Morgan fingerprint density at radius 1 is 1.00 bits per heavy atom. The van der Waals surface area contributed by atoms with E-state index in [1.807, 2.05) is 4.90 Å². The Labute approximate surface area is 171 Å². The van der Waals surface area contributed by atoms with Crippen LogP contribution in [0.4, 0.5) is 4.39 Å². The second kappa shape index (κ2) is 7.38. The fourth-order valence-corrected chi connectivity index (χ4v) is 6.79. The van der Waals surface area contributed by atoms with Crippen molar-refractivity contribution in [1.29, 1.82) is 0 Å². The lowest BCUT2D eigenvalue weighted by Gasteiger charge is -2.59. The van der Waals surface area contributed by atoms with E-state index in [0.29, 0.717) is 49.6 Å². The number of halogens is 1. The van der Waals surface area contributed by atoms with Crippen molar-refractivity contribution in [3.8, 4) is 0 Å². The molecule has 1 N–H and O–H groups in total. The molecule has 1 aromatic rings. The van der Waals surface area contributed by atoms with Gasteiger partial charge in [0.05, 0.1) is 13.2 Å². The quantitative estimate of drug-likeness (QED) is 0.845. The number of ether oxygens (including phenoxy) is 1. The van der Waals surface area contributed by atoms with Crippen molar-refractivity contribution in [2.24, 2.45) is 23.2 Å². The van der Waals surface area contributed by atoms with Crippen LogP contribution >= 0.6 is 0 Å². The van der Waals surface area contributed by atoms with Gasteiger partial charge in [-0.1, -0.05) is 0 Å². The SMILES string of the molecule is O=C(NC(C(=O)N1CCOCC1)C12CC3CC(CC(C3)C1)C2)c1ccc(F)cc1. The molecule has 1 atom stereocenters.